The molecule has 1 aromatic heterocycles. The molecule has 5 nitrogen and oxygen atoms in total. The second-order valence-corrected chi connectivity index (χ2v) is 7.38. The summed E-state index contributed by atoms with van der Waals surface area (Å²) < 4.78 is 7.77. The predicted octanol–water partition coefficient (Wildman–Crippen LogP) is 4.01. The van der Waals surface area contributed by atoms with Crippen molar-refractivity contribution in [2.45, 2.75) is 18.8 Å². The maximum Gasteiger partial charge on any atom is 0.260 e. The number of amides is 1. The van der Waals surface area contributed by atoms with E-state index in [1.807, 2.05) is 23.1 Å². The normalized spacial score (nSPS) is 17.3. The van der Waals surface area contributed by atoms with E-state index in [4.69, 9.17) is 21.3 Å². The van der Waals surface area contributed by atoms with Crippen LogP contribution in [0.4, 0.5) is 0 Å². The predicted molar refractivity (Wildman–Crippen MR) is 106 cm³/mol. The van der Waals surface area contributed by atoms with Gasteiger partial charge < -0.3 is 14.2 Å². The van der Waals surface area contributed by atoms with Crippen LogP contribution in [-0.4, -0.2) is 40.1 Å². The Labute approximate surface area is 163 Å². The van der Waals surface area contributed by atoms with Crippen LogP contribution in [0.2, 0.25) is 5.02 Å². The summed E-state index contributed by atoms with van der Waals surface area (Å²) in [6, 6.07) is 15.2. The van der Waals surface area contributed by atoms with E-state index in [9.17, 15) is 4.79 Å². The van der Waals surface area contributed by atoms with Crippen molar-refractivity contribution in [3.05, 3.63) is 59.4 Å². The molecular formula is C21H22ClN3O2. The maximum atomic E-state index is 12.6. The molecule has 0 saturated carbocycles. The van der Waals surface area contributed by atoms with Crippen molar-refractivity contribution in [1.29, 1.82) is 0 Å². The van der Waals surface area contributed by atoms with Gasteiger partial charge in [0.15, 0.2) is 6.61 Å². The third-order valence-corrected chi connectivity index (χ3v) is 5.39. The zero-order valence-electron chi connectivity index (χ0n) is 15.3. The summed E-state index contributed by atoms with van der Waals surface area (Å²) in [6.07, 6.45) is 2.01. The minimum atomic E-state index is 0.00779. The summed E-state index contributed by atoms with van der Waals surface area (Å²) in [5.74, 6) is 1.95. The first kappa shape index (κ1) is 17.9. The third kappa shape index (κ3) is 3.78. The van der Waals surface area contributed by atoms with Gasteiger partial charge in [-0.15, -0.1) is 0 Å². The molecule has 1 aliphatic heterocycles. The highest BCUT2D eigenvalue weighted by molar-refractivity contribution is 6.30. The van der Waals surface area contributed by atoms with Crippen molar-refractivity contribution < 1.29 is 9.53 Å². The number of para-hydroxylation sites is 2. The van der Waals surface area contributed by atoms with Gasteiger partial charge in [-0.05, 0) is 49.2 Å². The number of hydrogen-bond donors (Lipinski definition) is 0. The van der Waals surface area contributed by atoms with Gasteiger partial charge in [-0.1, -0.05) is 23.7 Å². The molecule has 1 atom stereocenters. The topological polar surface area (TPSA) is 47.4 Å². The number of ether oxygens (including phenoxy) is 1. The number of halogens is 1. The summed E-state index contributed by atoms with van der Waals surface area (Å²) in [4.78, 5) is 19.3. The number of imidazole rings is 1. The molecule has 4 rings (SSSR count). The number of carbonyl (C=O) groups excluding carboxylic acids is 1. The van der Waals surface area contributed by atoms with Crippen LogP contribution in [0.15, 0.2) is 48.5 Å². The molecule has 6 heteroatoms. The number of benzene rings is 2. The fourth-order valence-electron chi connectivity index (χ4n) is 3.71. The summed E-state index contributed by atoms with van der Waals surface area (Å²) in [5, 5.41) is 0.648. The van der Waals surface area contributed by atoms with Crippen LogP contribution in [-0.2, 0) is 11.8 Å². The summed E-state index contributed by atoms with van der Waals surface area (Å²) in [6.45, 7) is 1.49. The number of nitrogens with zero attached hydrogens (tertiary/aromatic N) is 3. The Hall–Kier alpha value is -2.53. The van der Waals surface area contributed by atoms with Crippen molar-refractivity contribution in [1.82, 2.24) is 14.5 Å². The van der Waals surface area contributed by atoms with Gasteiger partial charge in [0.2, 0.25) is 0 Å². The molecule has 0 spiro atoms. The Balaban J connectivity index is 1.43. The fraction of sp³-hybridized carbons (Fsp3) is 0.333. The quantitative estimate of drug-likeness (QED) is 0.683. The number of likely N-dealkylation sites (tertiary alicyclic amines) is 1. The molecule has 1 amide bonds. The molecule has 0 aliphatic carbocycles. The lowest BCUT2D eigenvalue weighted by Gasteiger charge is -2.32. The van der Waals surface area contributed by atoms with E-state index in [-0.39, 0.29) is 18.4 Å². The zero-order valence-corrected chi connectivity index (χ0v) is 16.0. The highest BCUT2D eigenvalue weighted by Gasteiger charge is 2.28. The van der Waals surface area contributed by atoms with Crippen LogP contribution in [0.5, 0.6) is 5.75 Å². The van der Waals surface area contributed by atoms with E-state index in [1.54, 1.807) is 24.3 Å². The number of fused-ring (bicyclic) bond motifs is 1. The lowest BCUT2D eigenvalue weighted by atomic mass is 9.97. The number of piperidine rings is 1. The van der Waals surface area contributed by atoms with Crippen LogP contribution < -0.4 is 4.74 Å². The minimum Gasteiger partial charge on any atom is -0.484 e. The van der Waals surface area contributed by atoms with Gasteiger partial charge in [-0.25, -0.2) is 4.98 Å². The Bertz CT molecular complexity index is 952. The smallest absolute Gasteiger partial charge is 0.260 e. The Kier molecular flexibility index (Phi) is 5.03. The van der Waals surface area contributed by atoms with E-state index in [2.05, 4.69) is 17.7 Å². The van der Waals surface area contributed by atoms with Crippen LogP contribution in [0.1, 0.15) is 24.6 Å². The van der Waals surface area contributed by atoms with Gasteiger partial charge in [0.25, 0.3) is 5.91 Å². The monoisotopic (exact) mass is 383 g/mol. The Morgan fingerprint density at radius 2 is 2.00 bits per heavy atom. The summed E-state index contributed by atoms with van der Waals surface area (Å²) in [7, 11) is 2.05. The second kappa shape index (κ2) is 7.61. The summed E-state index contributed by atoms with van der Waals surface area (Å²) >= 11 is 5.87. The van der Waals surface area contributed by atoms with E-state index in [1.165, 1.54) is 0 Å². The third-order valence-electron chi connectivity index (χ3n) is 5.14. The van der Waals surface area contributed by atoms with Crippen molar-refractivity contribution >= 4 is 28.5 Å². The van der Waals surface area contributed by atoms with Gasteiger partial charge >= 0.3 is 0 Å². The van der Waals surface area contributed by atoms with Gasteiger partial charge in [0, 0.05) is 31.1 Å². The SMILES string of the molecule is Cn1c(C2CCCN(C(=O)COc3ccc(Cl)cc3)C2)nc2ccccc21. The molecule has 1 aliphatic rings. The average molecular weight is 384 g/mol. The van der Waals surface area contributed by atoms with Gasteiger partial charge in [0.1, 0.15) is 11.6 Å². The van der Waals surface area contributed by atoms with Crippen LogP contribution in [0.25, 0.3) is 11.0 Å². The lowest BCUT2D eigenvalue weighted by Crippen LogP contribution is -2.42. The van der Waals surface area contributed by atoms with Crippen molar-refractivity contribution in [2.75, 3.05) is 19.7 Å². The molecule has 27 heavy (non-hydrogen) atoms. The fourth-order valence-corrected chi connectivity index (χ4v) is 3.84. The largest absolute Gasteiger partial charge is 0.484 e. The van der Waals surface area contributed by atoms with Gasteiger partial charge in [0.05, 0.1) is 11.0 Å². The molecule has 1 fully saturated rings. The number of aromatic nitrogens is 2. The summed E-state index contributed by atoms with van der Waals surface area (Å²) in [5.41, 5.74) is 2.13. The molecule has 1 unspecified atom stereocenters. The van der Waals surface area contributed by atoms with Crippen molar-refractivity contribution in [3.63, 3.8) is 0 Å². The molecule has 0 bridgehead atoms. The average Bonchev–Trinajstić information content (AvgIpc) is 3.04. The molecule has 0 N–H and O–H groups in total. The molecular weight excluding hydrogens is 362 g/mol. The van der Waals surface area contributed by atoms with Crippen LogP contribution >= 0.6 is 11.6 Å². The van der Waals surface area contributed by atoms with Gasteiger partial charge in [-0.3, -0.25) is 4.79 Å². The highest BCUT2D eigenvalue weighted by Crippen LogP contribution is 2.28. The minimum absolute atomic E-state index is 0.00779. The van der Waals surface area contributed by atoms with E-state index in [0.29, 0.717) is 17.3 Å². The first-order chi connectivity index (χ1) is 13.1. The Morgan fingerprint density at radius 1 is 1.22 bits per heavy atom. The van der Waals surface area contributed by atoms with E-state index >= 15 is 0 Å². The number of carbonyl (C=O) groups is 1. The maximum absolute atomic E-state index is 12.6. The number of hydrogen-bond acceptors (Lipinski definition) is 3. The first-order valence-electron chi connectivity index (χ1n) is 9.19. The molecule has 2 aromatic carbocycles. The molecule has 3 aromatic rings. The second-order valence-electron chi connectivity index (χ2n) is 6.94. The van der Waals surface area contributed by atoms with Crippen LogP contribution in [0.3, 0.4) is 0 Å². The lowest BCUT2D eigenvalue weighted by molar-refractivity contribution is -0.134. The van der Waals surface area contributed by atoms with Crippen molar-refractivity contribution in [2.24, 2.45) is 7.05 Å². The Morgan fingerprint density at radius 3 is 2.78 bits per heavy atom. The molecule has 1 saturated heterocycles. The highest BCUT2D eigenvalue weighted by atomic mass is 35.5. The molecule has 0 radical (unpaired) electrons. The van der Waals surface area contributed by atoms with Crippen LogP contribution in [0, 0.1) is 0 Å². The zero-order chi connectivity index (χ0) is 18.8. The molecule has 2 heterocycles. The standard InChI is InChI=1S/C21H22ClN3O2/c1-24-19-7-3-2-6-18(19)23-21(24)15-5-4-12-25(13-15)20(26)14-27-17-10-8-16(22)9-11-17/h2-3,6-11,15H,4-5,12-14H2,1H3. The first-order valence-corrected chi connectivity index (χ1v) is 9.57. The molecule has 140 valence electrons. The van der Waals surface area contributed by atoms with Crippen molar-refractivity contribution in [3.8, 4) is 5.75 Å². The number of aryl methyl sites for hydroxylation is 1. The van der Waals surface area contributed by atoms with E-state index in [0.717, 1.165) is 36.2 Å². The van der Waals surface area contributed by atoms with Gasteiger partial charge in [-0.2, -0.15) is 0 Å². The van der Waals surface area contributed by atoms with E-state index < -0.39 is 0 Å². The number of rotatable bonds is 4.